The number of hydrogen-bond acceptors (Lipinski definition) is 6. The fourth-order valence-corrected chi connectivity index (χ4v) is 2.91. The average Bonchev–Trinajstić information content (AvgIpc) is 2.72. The van der Waals surface area contributed by atoms with E-state index in [2.05, 4.69) is 5.32 Å². The third-order valence-electron chi connectivity index (χ3n) is 4.41. The van der Waals surface area contributed by atoms with E-state index in [0.29, 0.717) is 16.9 Å². The molecule has 0 saturated carbocycles. The molecule has 1 fully saturated rings. The molecular formula is C21H25N3O4. The summed E-state index contributed by atoms with van der Waals surface area (Å²) < 4.78 is 16.7. The first kappa shape index (κ1) is 19.7. The molecule has 0 spiro atoms. The Labute approximate surface area is 164 Å². The van der Waals surface area contributed by atoms with Crippen LogP contribution >= 0.6 is 0 Å². The van der Waals surface area contributed by atoms with Crippen molar-refractivity contribution in [1.82, 2.24) is 5.32 Å². The Morgan fingerprint density at radius 2 is 1.79 bits per heavy atom. The summed E-state index contributed by atoms with van der Waals surface area (Å²) in [7, 11) is 0. The number of ether oxygens (including phenoxy) is 3. The van der Waals surface area contributed by atoms with Gasteiger partial charge in [0, 0.05) is 5.56 Å². The fourth-order valence-electron chi connectivity index (χ4n) is 2.91. The summed E-state index contributed by atoms with van der Waals surface area (Å²) in [4.78, 5) is 12.1. The van der Waals surface area contributed by atoms with Crippen LogP contribution in [0, 0.1) is 5.41 Å². The zero-order valence-electron chi connectivity index (χ0n) is 15.6. The molecule has 1 aliphatic heterocycles. The molecule has 7 heteroatoms. The van der Waals surface area contributed by atoms with E-state index in [1.807, 2.05) is 0 Å². The quantitative estimate of drug-likeness (QED) is 0.280. The Morgan fingerprint density at radius 3 is 2.50 bits per heavy atom. The summed E-state index contributed by atoms with van der Waals surface area (Å²) in [6.45, 7) is 2.27. The number of piperidine rings is 1. The average molecular weight is 383 g/mol. The smallest absolute Gasteiger partial charge is 0.338 e. The van der Waals surface area contributed by atoms with E-state index >= 15 is 0 Å². The summed E-state index contributed by atoms with van der Waals surface area (Å²) in [5.74, 6) is 0.902. The van der Waals surface area contributed by atoms with E-state index in [4.69, 9.17) is 25.4 Å². The number of nitrogens with two attached hydrogens (primary N) is 1. The second kappa shape index (κ2) is 9.75. The van der Waals surface area contributed by atoms with Crippen LogP contribution in [0.25, 0.3) is 0 Å². The molecule has 2 aromatic carbocycles. The number of nitrogens with one attached hydrogen (secondary N) is 2. The molecule has 0 aliphatic carbocycles. The minimum Gasteiger partial charge on any atom is -0.490 e. The highest BCUT2D eigenvalue weighted by atomic mass is 16.6. The third-order valence-corrected chi connectivity index (χ3v) is 4.41. The van der Waals surface area contributed by atoms with Crippen molar-refractivity contribution in [1.29, 1.82) is 5.41 Å². The number of hydrogen-bond donors (Lipinski definition) is 3. The van der Waals surface area contributed by atoms with Gasteiger partial charge in [0.15, 0.2) is 0 Å². The van der Waals surface area contributed by atoms with Gasteiger partial charge in [0.2, 0.25) is 0 Å². The number of rotatable bonds is 8. The van der Waals surface area contributed by atoms with Crippen LogP contribution in [0.3, 0.4) is 0 Å². The first-order valence-electron chi connectivity index (χ1n) is 9.33. The lowest BCUT2D eigenvalue weighted by Crippen LogP contribution is -2.34. The lowest BCUT2D eigenvalue weighted by Gasteiger charge is -2.23. The molecule has 4 N–H and O–H groups in total. The minimum absolute atomic E-state index is 0.0237. The van der Waals surface area contributed by atoms with Crippen LogP contribution in [-0.4, -0.2) is 44.2 Å². The third kappa shape index (κ3) is 5.72. The van der Waals surface area contributed by atoms with Gasteiger partial charge >= 0.3 is 5.97 Å². The molecule has 1 saturated heterocycles. The van der Waals surface area contributed by atoms with Gasteiger partial charge in [-0.2, -0.15) is 0 Å². The van der Waals surface area contributed by atoms with Crippen molar-refractivity contribution in [3.63, 3.8) is 0 Å². The lowest BCUT2D eigenvalue weighted by atomic mass is 10.1. The van der Waals surface area contributed by atoms with Crippen molar-refractivity contribution in [2.75, 3.05) is 26.3 Å². The van der Waals surface area contributed by atoms with Crippen LogP contribution < -0.4 is 20.5 Å². The number of amidine groups is 1. The number of carbonyl (C=O) groups is 1. The van der Waals surface area contributed by atoms with E-state index < -0.39 is 5.97 Å². The van der Waals surface area contributed by atoms with Crippen molar-refractivity contribution >= 4 is 11.8 Å². The summed E-state index contributed by atoms with van der Waals surface area (Å²) in [5, 5.41) is 10.7. The van der Waals surface area contributed by atoms with Crippen LogP contribution in [0.4, 0.5) is 0 Å². The molecule has 0 unspecified atom stereocenters. The van der Waals surface area contributed by atoms with E-state index in [-0.39, 0.29) is 25.2 Å². The van der Waals surface area contributed by atoms with Gasteiger partial charge < -0.3 is 25.3 Å². The molecule has 28 heavy (non-hydrogen) atoms. The molecule has 3 rings (SSSR count). The minimum atomic E-state index is -0.408. The zero-order chi connectivity index (χ0) is 19.8. The predicted octanol–water partition coefficient (Wildman–Crippen LogP) is 2.34. The van der Waals surface area contributed by atoms with Gasteiger partial charge in [-0.1, -0.05) is 12.1 Å². The van der Waals surface area contributed by atoms with Gasteiger partial charge in [-0.3, -0.25) is 5.41 Å². The predicted molar refractivity (Wildman–Crippen MR) is 106 cm³/mol. The topological polar surface area (TPSA) is 107 Å². The van der Waals surface area contributed by atoms with Crippen LogP contribution in [0.1, 0.15) is 28.8 Å². The Balaban J connectivity index is 1.42. The molecule has 2 aromatic rings. The van der Waals surface area contributed by atoms with Crippen LogP contribution in [0.15, 0.2) is 48.5 Å². The monoisotopic (exact) mass is 383 g/mol. The van der Waals surface area contributed by atoms with Crippen molar-refractivity contribution in [2.45, 2.75) is 18.9 Å². The number of nitrogen functional groups attached to an aromatic ring is 1. The van der Waals surface area contributed by atoms with Gasteiger partial charge in [0.1, 0.15) is 36.7 Å². The summed E-state index contributed by atoms with van der Waals surface area (Å²) in [6, 6.07) is 13.9. The first-order valence-corrected chi connectivity index (χ1v) is 9.33. The zero-order valence-corrected chi connectivity index (χ0v) is 15.6. The Hall–Kier alpha value is -3.06. The van der Waals surface area contributed by atoms with Gasteiger partial charge in [0.05, 0.1) is 5.56 Å². The largest absolute Gasteiger partial charge is 0.490 e. The second-order valence-corrected chi connectivity index (χ2v) is 6.52. The maximum Gasteiger partial charge on any atom is 0.338 e. The van der Waals surface area contributed by atoms with E-state index in [0.717, 1.165) is 31.7 Å². The SMILES string of the molecule is N=C(N)c1cccc(OCCOC(=O)c2ccc(OC3CCNCC3)cc2)c1. The van der Waals surface area contributed by atoms with Gasteiger partial charge in [-0.25, -0.2) is 4.79 Å². The number of carbonyl (C=O) groups excluding carboxylic acids is 1. The molecule has 1 aliphatic rings. The molecule has 148 valence electrons. The highest BCUT2D eigenvalue weighted by Gasteiger charge is 2.15. The van der Waals surface area contributed by atoms with Gasteiger partial charge in [-0.15, -0.1) is 0 Å². The van der Waals surface area contributed by atoms with E-state index in [9.17, 15) is 4.79 Å². The molecule has 0 atom stereocenters. The molecule has 0 bridgehead atoms. The maximum atomic E-state index is 12.1. The van der Waals surface area contributed by atoms with Gasteiger partial charge in [0.25, 0.3) is 0 Å². The molecule has 1 heterocycles. The molecule has 0 radical (unpaired) electrons. The number of esters is 1. The fraction of sp³-hybridized carbons (Fsp3) is 0.333. The van der Waals surface area contributed by atoms with Crippen molar-refractivity contribution in [3.8, 4) is 11.5 Å². The Bertz CT molecular complexity index is 802. The normalized spacial score (nSPS) is 14.3. The number of benzene rings is 2. The highest BCUT2D eigenvalue weighted by molar-refractivity contribution is 5.95. The Kier molecular flexibility index (Phi) is 6.86. The standard InChI is InChI=1S/C21H25N3O4/c22-20(23)16-2-1-3-19(14-16)26-12-13-27-21(25)15-4-6-17(7-5-15)28-18-8-10-24-11-9-18/h1-7,14,18,24H,8-13H2,(H3,22,23). The molecule has 0 amide bonds. The van der Waals surface area contributed by atoms with Crippen LogP contribution in [0.5, 0.6) is 11.5 Å². The second-order valence-electron chi connectivity index (χ2n) is 6.52. The van der Waals surface area contributed by atoms with Crippen molar-refractivity contribution in [3.05, 3.63) is 59.7 Å². The lowest BCUT2D eigenvalue weighted by molar-refractivity contribution is 0.0450. The van der Waals surface area contributed by atoms with Gasteiger partial charge in [-0.05, 0) is 62.3 Å². The molecule has 7 nitrogen and oxygen atoms in total. The van der Waals surface area contributed by atoms with E-state index in [1.54, 1.807) is 48.5 Å². The van der Waals surface area contributed by atoms with Crippen molar-refractivity contribution in [2.24, 2.45) is 5.73 Å². The summed E-state index contributed by atoms with van der Waals surface area (Å²) in [5.41, 5.74) is 6.50. The molecule has 0 aromatic heterocycles. The van der Waals surface area contributed by atoms with Crippen LogP contribution in [-0.2, 0) is 4.74 Å². The first-order chi connectivity index (χ1) is 13.6. The van der Waals surface area contributed by atoms with Crippen molar-refractivity contribution < 1.29 is 19.0 Å². The van der Waals surface area contributed by atoms with E-state index in [1.165, 1.54) is 0 Å². The summed E-state index contributed by atoms with van der Waals surface area (Å²) in [6.07, 6.45) is 2.19. The Morgan fingerprint density at radius 1 is 1.04 bits per heavy atom. The van der Waals surface area contributed by atoms with Crippen LogP contribution in [0.2, 0.25) is 0 Å². The summed E-state index contributed by atoms with van der Waals surface area (Å²) >= 11 is 0. The maximum absolute atomic E-state index is 12.1. The highest BCUT2D eigenvalue weighted by Crippen LogP contribution is 2.18. The molecular weight excluding hydrogens is 358 g/mol.